The predicted octanol–water partition coefficient (Wildman–Crippen LogP) is 3.01. The fourth-order valence-electron chi connectivity index (χ4n) is 3.58. The van der Waals surface area contributed by atoms with E-state index in [9.17, 15) is 0 Å². The number of aromatic nitrogens is 5. The number of anilines is 3. The van der Waals surface area contributed by atoms with Crippen molar-refractivity contribution in [3.63, 3.8) is 0 Å². The van der Waals surface area contributed by atoms with E-state index in [-0.39, 0.29) is 5.95 Å². The molecule has 3 N–H and O–H groups in total. The molecule has 10 heteroatoms. The van der Waals surface area contributed by atoms with E-state index in [1.165, 1.54) is 0 Å². The first-order valence-corrected chi connectivity index (χ1v) is 10.9. The van der Waals surface area contributed by atoms with E-state index < -0.39 is 0 Å². The molecular weight excluding hydrogens is 412 g/mol. The van der Waals surface area contributed by atoms with Gasteiger partial charge in [0, 0.05) is 31.5 Å². The fourth-order valence-corrected chi connectivity index (χ4v) is 4.24. The number of ether oxygens (including phenoxy) is 1. The lowest BCUT2D eigenvalue weighted by atomic mass is 10.1. The number of nitrogens with zero attached hydrogens (tertiary/aromatic N) is 6. The van der Waals surface area contributed by atoms with Gasteiger partial charge in [0.05, 0.1) is 34.5 Å². The number of nitrogens with two attached hydrogens (primary N) is 1. The van der Waals surface area contributed by atoms with Crippen molar-refractivity contribution >= 4 is 39.0 Å². The number of hydrogen-bond donors (Lipinski definition) is 2. The molecule has 1 aliphatic heterocycles. The first-order valence-electron chi connectivity index (χ1n) is 10.0. The molecule has 1 aromatic carbocycles. The van der Waals surface area contributed by atoms with Gasteiger partial charge in [-0.3, -0.25) is 4.90 Å². The Morgan fingerprint density at radius 2 is 2.00 bits per heavy atom. The zero-order valence-corrected chi connectivity index (χ0v) is 17.9. The van der Waals surface area contributed by atoms with Gasteiger partial charge in [0.1, 0.15) is 11.6 Å². The highest BCUT2D eigenvalue weighted by Gasteiger charge is 2.16. The van der Waals surface area contributed by atoms with Gasteiger partial charge in [0.2, 0.25) is 5.95 Å². The van der Waals surface area contributed by atoms with Crippen molar-refractivity contribution in [2.75, 3.05) is 37.4 Å². The number of fused-ring (bicyclic) bond motifs is 1. The summed E-state index contributed by atoms with van der Waals surface area (Å²) in [6.07, 6.45) is 1.89. The van der Waals surface area contributed by atoms with Gasteiger partial charge in [0.25, 0.3) is 0 Å². The maximum absolute atomic E-state index is 5.91. The van der Waals surface area contributed by atoms with Gasteiger partial charge in [0.15, 0.2) is 5.82 Å². The van der Waals surface area contributed by atoms with Gasteiger partial charge in [-0.15, -0.1) is 11.3 Å². The molecule has 0 amide bonds. The molecule has 0 unspecified atom stereocenters. The number of nitrogen functional groups attached to an aromatic ring is 1. The topological polar surface area (TPSA) is 115 Å². The molecule has 5 rings (SSSR count). The smallest absolute Gasteiger partial charge is 0.223 e. The zero-order chi connectivity index (χ0) is 21.2. The standard InChI is InChI=1S/C21H22N8OS/c1-13-25-20(28-21(22)26-13)16-8-14(11-29-4-6-30-7-5-29)10-23-19(16)27-15-2-3-18-17(9-15)24-12-31-18/h2-3,8-10,12H,4-7,11H2,1H3,(H,23,27)(H2,22,25,26,28). The van der Waals surface area contributed by atoms with Crippen LogP contribution in [0.3, 0.4) is 0 Å². The molecule has 0 radical (unpaired) electrons. The van der Waals surface area contributed by atoms with E-state index in [2.05, 4.69) is 36.2 Å². The number of pyridine rings is 1. The average molecular weight is 435 g/mol. The molecule has 1 aliphatic rings. The maximum Gasteiger partial charge on any atom is 0.223 e. The number of nitrogens with one attached hydrogen (secondary N) is 1. The van der Waals surface area contributed by atoms with Crippen LogP contribution < -0.4 is 11.1 Å². The summed E-state index contributed by atoms with van der Waals surface area (Å²) in [5.41, 5.74) is 11.4. The van der Waals surface area contributed by atoms with Gasteiger partial charge >= 0.3 is 0 Å². The summed E-state index contributed by atoms with van der Waals surface area (Å²) in [6, 6.07) is 8.14. The van der Waals surface area contributed by atoms with Crippen LogP contribution in [-0.2, 0) is 11.3 Å². The van der Waals surface area contributed by atoms with Crippen molar-refractivity contribution < 1.29 is 4.74 Å². The van der Waals surface area contributed by atoms with Crippen LogP contribution in [-0.4, -0.2) is 56.1 Å². The first kappa shape index (κ1) is 19.7. The van der Waals surface area contributed by atoms with E-state index >= 15 is 0 Å². The number of hydrogen-bond acceptors (Lipinski definition) is 10. The van der Waals surface area contributed by atoms with Gasteiger partial charge < -0.3 is 15.8 Å². The zero-order valence-electron chi connectivity index (χ0n) is 17.1. The third-order valence-electron chi connectivity index (χ3n) is 5.05. The Morgan fingerprint density at radius 3 is 2.84 bits per heavy atom. The van der Waals surface area contributed by atoms with Crippen LogP contribution >= 0.6 is 11.3 Å². The molecule has 0 saturated carbocycles. The summed E-state index contributed by atoms with van der Waals surface area (Å²) in [5.74, 6) is 1.91. The minimum absolute atomic E-state index is 0.191. The normalized spacial score (nSPS) is 14.7. The second kappa shape index (κ2) is 8.50. The Morgan fingerprint density at radius 1 is 1.13 bits per heavy atom. The molecular formula is C21H22N8OS. The van der Waals surface area contributed by atoms with E-state index in [1.807, 2.05) is 29.9 Å². The summed E-state index contributed by atoms with van der Waals surface area (Å²) < 4.78 is 6.59. The van der Waals surface area contributed by atoms with Gasteiger partial charge in [-0.25, -0.2) is 15.0 Å². The van der Waals surface area contributed by atoms with E-state index in [0.29, 0.717) is 17.5 Å². The molecule has 4 heterocycles. The van der Waals surface area contributed by atoms with Crippen LogP contribution in [0.2, 0.25) is 0 Å². The Kier molecular flexibility index (Phi) is 5.41. The van der Waals surface area contributed by atoms with Gasteiger partial charge in [-0.05, 0) is 36.8 Å². The van der Waals surface area contributed by atoms with Gasteiger partial charge in [-0.1, -0.05) is 0 Å². The molecule has 1 fully saturated rings. The number of morpholine rings is 1. The summed E-state index contributed by atoms with van der Waals surface area (Å²) in [4.78, 5) is 24.4. The Labute approximate surface area is 183 Å². The second-order valence-corrected chi connectivity index (χ2v) is 8.24. The lowest BCUT2D eigenvalue weighted by Crippen LogP contribution is -2.35. The second-order valence-electron chi connectivity index (χ2n) is 7.35. The highest BCUT2D eigenvalue weighted by atomic mass is 32.1. The SMILES string of the molecule is Cc1nc(N)nc(-c2cc(CN3CCOCC3)cnc2Nc2ccc3scnc3c2)n1. The highest BCUT2D eigenvalue weighted by molar-refractivity contribution is 7.16. The van der Waals surface area contributed by atoms with Crippen LogP contribution in [0.25, 0.3) is 21.6 Å². The lowest BCUT2D eigenvalue weighted by molar-refractivity contribution is 0.0341. The van der Waals surface area contributed by atoms with Crippen molar-refractivity contribution in [3.8, 4) is 11.4 Å². The molecule has 3 aromatic heterocycles. The van der Waals surface area contributed by atoms with Crippen molar-refractivity contribution in [2.45, 2.75) is 13.5 Å². The predicted molar refractivity (Wildman–Crippen MR) is 121 cm³/mol. The Bertz CT molecular complexity index is 1200. The van der Waals surface area contributed by atoms with Crippen molar-refractivity contribution in [1.29, 1.82) is 0 Å². The quantitative estimate of drug-likeness (QED) is 0.489. The van der Waals surface area contributed by atoms with Crippen molar-refractivity contribution in [1.82, 2.24) is 29.8 Å². The lowest BCUT2D eigenvalue weighted by Gasteiger charge is -2.26. The molecule has 1 saturated heterocycles. The summed E-state index contributed by atoms with van der Waals surface area (Å²) in [6.45, 7) is 5.90. The Balaban J connectivity index is 1.52. The molecule has 31 heavy (non-hydrogen) atoms. The van der Waals surface area contributed by atoms with E-state index in [4.69, 9.17) is 15.5 Å². The molecule has 0 spiro atoms. The van der Waals surface area contributed by atoms with Crippen LogP contribution in [0.1, 0.15) is 11.4 Å². The van der Waals surface area contributed by atoms with E-state index in [0.717, 1.165) is 59.9 Å². The monoisotopic (exact) mass is 434 g/mol. The molecule has 4 aromatic rings. The largest absolute Gasteiger partial charge is 0.379 e. The number of aryl methyl sites for hydroxylation is 1. The molecule has 9 nitrogen and oxygen atoms in total. The van der Waals surface area contributed by atoms with Crippen LogP contribution in [0.15, 0.2) is 36.0 Å². The van der Waals surface area contributed by atoms with E-state index in [1.54, 1.807) is 18.3 Å². The Hall–Kier alpha value is -3.21. The fraction of sp³-hybridized carbons (Fsp3) is 0.286. The van der Waals surface area contributed by atoms with Crippen molar-refractivity contribution in [3.05, 3.63) is 47.4 Å². The summed E-state index contributed by atoms with van der Waals surface area (Å²) >= 11 is 1.62. The maximum atomic E-state index is 5.91. The third-order valence-corrected chi connectivity index (χ3v) is 5.86. The van der Waals surface area contributed by atoms with Crippen molar-refractivity contribution in [2.24, 2.45) is 0 Å². The third kappa shape index (κ3) is 4.46. The minimum Gasteiger partial charge on any atom is -0.379 e. The molecule has 0 atom stereocenters. The first-order chi connectivity index (χ1) is 15.1. The van der Waals surface area contributed by atoms with Crippen LogP contribution in [0, 0.1) is 6.92 Å². The number of benzene rings is 1. The number of rotatable bonds is 5. The molecule has 158 valence electrons. The van der Waals surface area contributed by atoms with Gasteiger partial charge in [-0.2, -0.15) is 9.97 Å². The minimum atomic E-state index is 0.191. The van der Waals surface area contributed by atoms with Crippen LogP contribution in [0.5, 0.6) is 0 Å². The average Bonchev–Trinajstić information content (AvgIpc) is 3.23. The summed E-state index contributed by atoms with van der Waals surface area (Å²) in [5, 5.41) is 3.40. The number of thiazole rings is 1. The highest BCUT2D eigenvalue weighted by Crippen LogP contribution is 2.30. The van der Waals surface area contributed by atoms with Crippen LogP contribution in [0.4, 0.5) is 17.5 Å². The summed E-state index contributed by atoms with van der Waals surface area (Å²) in [7, 11) is 0. The molecule has 0 aliphatic carbocycles. The molecule has 0 bridgehead atoms.